The topological polar surface area (TPSA) is 49.4 Å². The average Bonchev–Trinajstić information content (AvgIpc) is 3.23. The SMILES string of the molecule is CCS(=O)(=O)CCN1CC(CC(C)C)NCC1(C)C1CC1. The lowest BCUT2D eigenvalue weighted by Gasteiger charge is -2.49. The highest BCUT2D eigenvalue weighted by Gasteiger charge is 2.48. The van der Waals surface area contributed by atoms with E-state index in [1.807, 2.05) is 0 Å². The predicted octanol–water partition coefficient (Wildman–Crippen LogP) is 1.91. The fourth-order valence-electron chi connectivity index (χ4n) is 3.58. The highest BCUT2D eigenvalue weighted by molar-refractivity contribution is 7.91. The minimum atomic E-state index is -2.88. The van der Waals surface area contributed by atoms with E-state index in [4.69, 9.17) is 0 Å². The molecule has 21 heavy (non-hydrogen) atoms. The lowest BCUT2D eigenvalue weighted by Crippen LogP contribution is -2.65. The Bertz CT molecular complexity index is 445. The van der Waals surface area contributed by atoms with Gasteiger partial charge in [0, 0.05) is 37.0 Å². The predicted molar refractivity (Wildman–Crippen MR) is 88.3 cm³/mol. The van der Waals surface area contributed by atoms with Crippen molar-refractivity contribution in [2.24, 2.45) is 11.8 Å². The smallest absolute Gasteiger partial charge is 0.151 e. The van der Waals surface area contributed by atoms with Crippen LogP contribution in [0.4, 0.5) is 0 Å². The Hall–Kier alpha value is -0.130. The largest absolute Gasteiger partial charge is 0.311 e. The molecule has 124 valence electrons. The Morgan fingerprint density at radius 3 is 2.52 bits per heavy atom. The molecule has 4 nitrogen and oxygen atoms in total. The van der Waals surface area contributed by atoms with Crippen LogP contribution in [0.25, 0.3) is 0 Å². The monoisotopic (exact) mass is 316 g/mol. The van der Waals surface area contributed by atoms with Crippen LogP contribution in [0.15, 0.2) is 0 Å². The summed E-state index contributed by atoms with van der Waals surface area (Å²) in [6, 6.07) is 0.501. The number of rotatable bonds is 7. The molecule has 2 rings (SSSR count). The van der Waals surface area contributed by atoms with Gasteiger partial charge in [-0.25, -0.2) is 8.42 Å². The molecule has 1 saturated carbocycles. The maximum atomic E-state index is 11.9. The number of nitrogens with zero attached hydrogens (tertiary/aromatic N) is 1. The van der Waals surface area contributed by atoms with E-state index >= 15 is 0 Å². The van der Waals surface area contributed by atoms with E-state index in [1.54, 1.807) is 6.92 Å². The molecule has 0 spiro atoms. The van der Waals surface area contributed by atoms with Gasteiger partial charge >= 0.3 is 0 Å². The average molecular weight is 317 g/mol. The van der Waals surface area contributed by atoms with Gasteiger partial charge < -0.3 is 5.32 Å². The Morgan fingerprint density at radius 2 is 2.00 bits per heavy atom. The normalized spacial score (nSPS) is 31.8. The van der Waals surface area contributed by atoms with Crippen molar-refractivity contribution in [3.63, 3.8) is 0 Å². The minimum Gasteiger partial charge on any atom is -0.311 e. The number of piperazine rings is 1. The van der Waals surface area contributed by atoms with E-state index in [0.717, 1.165) is 25.4 Å². The second-order valence-electron chi connectivity index (χ2n) is 7.52. The first-order valence-electron chi connectivity index (χ1n) is 8.45. The highest BCUT2D eigenvalue weighted by Crippen LogP contribution is 2.44. The van der Waals surface area contributed by atoms with Gasteiger partial charge in [0.25, 0.3) is 0 Å². The van der Waals surface area contributed by atoms with Crippen molar-refractivity contribution in [3.05, 3.63) is 0 Å². The molecule has 1 saturated heterocycles. The van der Waals surface area contributed by atoms with Crippen LogP contribution in [-0.4, -0.2) is 56.0 Å². The highest BCUT2D eigenvalue weighted by atomic mass is 32.2. The molecule has 0 aromatic heterocycles. The van der Waals surface area contributed by atoms with Crippen LogP contribution >= 0.6 is 0 Å². The molecule has 1 heterocycles. The first-order chi connectivity index (χ1) is 9.77. The van der Waals surface area contributed by atoms with Crippen LogP contribution in [0.3, 0.4) is 0 Å². The molecule has 0 radical (unpaired) electrons. The Balaban J connectivity index is 2.02. The molecule has 0 aromatic rings. The summed E-state index contributed by atoms with van der Waals surface area (Å²) >= 11 is 0. The van der Waals surface area contributed by atoms with Gasteiger partial charge in [0.2, 0.25) is 0 Å². The van der Waals surface area contributed by atoms with Gasteiger partial charge in [0.1, 0.15) is 0 Å². The standard InChI is InChI=1S/C16H32N2O2S/c1-5-21(19,20)9-8-18-11-15(10-13(2)3)17-12-16(18,4)14-6-7-14/h13-15,17H,5-12H2,1-4H3. The first-order valence-corrected chi connectivity index (χ1v) is 10.3. The molecule has 0 bridgehead atoms. The summed E-state index contributed by atoms with van der Waals surface area (Å²) in [4.78, 5) is 2.47. The van der Waals surface area contributed by atoms with Crippen molar-refractivity contribution in [2.45, 2.75) is 58.5 Å². The Labute approximate surface area is 130 Å². The fourth-order valence-corrected chi connectivity index (χ4v) is 4.36. The van der Waals surface area contributed by atoms with Crippen LogP contribution < -0.4 is 5.32 Å². The molecule has 2 aliphatic rings. The molecule has 2 fully saturated rings. The zero-order valence-corrected chi connectivity index (χ0v) is 14.9. The number of nitrogens with one attached hydrogen (secondary N) is 1. The second kappa shape index (κ2) is 6.55. The van der Waals surface area contributed by atoms with Gasteiger partial charge in [-0.2, -0.15) is 0 Å². The lowest BCUT2D eigenvalue weighted by atomic mass is 9.88. The summed E-state index contributed by atoms with van der Waals surface area (Å²) in [6.45, 7) is 11.3. The Morgan fingerprint density at radius 1 is 1.33 bits per heavy atom. The number of sulfone groups is 1. The van der Waals surface area contributed by atoms with E-state index in [9.17, 15) is 8.42 Å². The summed E-state index contributed by atoms with van der Waals surface area (Å²) in [5, 5.41) is 3.71. The first kappa shape index (κ1) is 17.2. The van der Waals surface area contributed by atoms with Crippen molar-refractivity contribution >= 4 is 9.84 Å². The maximum Gasteiger partial charge on any atom is 0.151 e. The molecular weight excluding hydrogens is 284 g/mol. The summed E-state index contributed by atoms with van der Waals surface area (Å²) in [5.41, 5.74) is 0.150. The summed E-state index contributed by atoms with van der Waals surface area (Å²) in [5.74, 6) is 1.98. The van der Waals surface area contributed by atoms with Crippen molar-refractivity contribution in [2.75, 3.05) is 31.1 Å². The van der Waals surface area contributed by atoms with Crippen molar-refractivity contribution in [1.82, 2.24) is 10.2 Å². The van der Waals surface area contributed by atoms with Gasteiger partial charge in [-0.3, -0.25) is 4.90 Å². The molecule has 0 amide bonds. The van der Waals surface area contributed by atoms with E-state index in [1.165, 1.54) is 12.8 Å². The van der Waals surface area contributed by atoms with Crippen LogP contribution in [0.1, 0.15) is 47.0 Å². The van der Waals surface area contributed by atoms with Crippen LogP contribution in [0.5, 0.6) is 0 Å². The summed E-state index contributed by atoms with van der Waals surface area (Å²) in [6.07, 6.45) is 3.76. The van der Waals surface area contributed by atoms with Crippen molar-refractivity contribution in [3.8, 4) is 0 Å². The molecule has 1 aliphatic carbocycles. The van der Waals surface area contributed by atoms with Gasteiger partial charge in [-0.05, 0) is 38.0 Å². The lowest BCUT2D eigenvalue weighted by molar-refractivity contribution is 0.0363. The third-order valence-corrected chi connectivity index (χ3v) is 6.92. The molecule has 2 unspecified atom stereocenters. The summed E-state index contributed by atoms with van der Waals surface area (Å²) in [7, 11) is -2.88. The van der Waals surface area contributed by atoms with Gasteiger partial charge in [-0.15, -0.1) is 0 Å². The summed E-state index contributed by atoms with van der Waals surface area (Å²) < 4.78 is 23.7. The molecule has 5 heteroatoms. The molecule has 2 atom stereocenters. The third kappa shape index (κ3) is 4.42. The van der Waals surface area contributed by atoms with Crippen LogP contribution in [0.2, 0.25) is 0 Å². The van der Waals surface area contributed by atoms with Gasteiger partial charge in [0.05, 0.1) is 5.75 Å². The van der Waals surface area contributed by atoms with E-state index < -0.39 is 9.84 Å². The zero-order valence-electron chi connectivity index (χ0n) is 14.1. The van der Waals surface area contributed by atoms with E-state index in [0.29, 0.717) is 24.3 Å². The molecular formula is C16H32N2O2S. The fraction of sp³-hybridized carbons (Fsp3) is 1.00. The van der Waals surface area contributed by atoms with Crippen molar-refractivity contribution in [1.29, 1.82) is 0 Å². The van der Waals surface area contributed by atoms with E-state index in [2.05, 4.69) is 31.0 Å². The quantitative estimate of drug-likeness (QED) is 0.779. The van der Waals surface area contributed by atoms with Gasteiger partial charge in [0.15, 0.2) is 9.84 Å². The molecule has 0 aromatic carbocycles. The molecule has 1 aliphatic heterocycles. The van der Waals surface area contributed by atoms with E-state index in [-0.39, 0.29) is 11.3 Å². The van der Waals surface area contributed by atoms with Crippen molar-refractivity contribution < 1.29 is 8.42 Å². The number of hydrogen-bond acceptors (Lipinski definition) is 4. The second-order valence-corrected chi connectivity index (χ2v) is 9.99. The Kier molecular flexibility index (Phi) is 5.37. The minimum absolute atomic E-state index is 0.150. The van der Waals surface area contributed by atoms with Crippen LogP contribution in [-0.2, 0) is 9.84 Å². The zero-order chi connectivity index (χ0) is 15.7. The number of hydrogen-bond donors (Lipinski definition) is 1. The third-order valence-electron chi connectivity index (χ3n) is 5.24. The molecule has 1 N–H and O–H groups in total. The van der Waals surface area contributed by atoms with Gasteiger partial charge in [-0.1, -0.05) is 20.8 Å². The maximum absolute atomic E-state index is 11.9. The van der Waals surface area contributed by atoms with Crippen LogP contribution in [0, 0.1) is 11.8 Å².